The van der Waals surface area contributed by atoms with Crippen molar-refractivity contribution in [3.05, 3.63) is 6.54 Å². The third-order valence-corrected chi connectivity index (χ3v) is 7.04. The molecular formula is C22H42N. The first-order chi connectivity index (χ1) is 10.8. The Labute approximate surface area is 146 Å². The van der Waals surface area contributed by atoms with Gasteiger partial charge in [-0.1, -0.05) is 54.4 Å². The summed E-state index contributed by atoms with van der Waals surface area (Å²) in [5.41, 5.74) is 0. The molecule has 2 fully saturated rings. The summed E-state index contributed by atoms with van der Waals surface area (Å²) in [7, 11) is 0. The largest absolute Gasteiger partial charge is 0.293 e. The van der Waals surface area contributed by atoms with E-state index in [4.69, 9.17) is 0 Å². The standard InChI is InChI=1S/C22H42N/c1-8-23(21-13-17(6)9-11-19(21)15(2)3)22-14-18(7)10-12-20(22)16(4)5/h8,15-22H,9-14H2,1-7H3. The summed E-state index contributed by atoms with van der Waals surface area (Å²) < 4.78 is 0. The van der Waals surface area contributed by atoms with Gasteiger partial charge in [-0.05, 0) is 68.1 Å². The first-order valence-corrected chi connectivity index (χ1v) is 10.4. The summed E-state index contributed by atoms with van der Waals surface area (Å²) in [5.74, 6) is 5.19. The fourth-order valence-corrected chi connectivity index (χ4v) is 5.62. The zero-order valence-electron chi connectivity index (χ0n) is 16.9. The normalized spacial score (nSPS) is 39.4. The predicted molar refractivity (Wildman–Crippen MR) is 102 cm³/mol. The van der Waals surface area contributed by atoms with Crippen LogP contribution in [-0.2, 0) is 0 Å². The van der Waals surface area contributed by atoms with Gasteiger partial charge in [-0.15, -0.1) is 0 Å². The highest BCUT2D eigenvalue weighted by Crippen LogP contribution is 2.43. The van der Waals surface area contributed by atoms with Crippen molar-refractivity contribution >= 4 is 0 Å². The van der Waals surface area contributed by atoms with Crippen molar-refractivity contribution in [3.63, 3.8) is 0 Å². The maximum atomic E-state index is 2.86. The van der Waals surface area contributed by atoms with Crippen molar-refractivity contribution in [1.29, 1.82) is 0 Å². The molecule has 6 unspecified atom stereocenters. The molecule has 0 heterocycles. The molecule has 1 radical (unpaired) electrons. The van der Waals surface area contributed by atoms with Crippen LogP contribution >= 0.6 is 0 Å². The van der Waals surface area contributed by atoms with Crippen molar-refractivity contribution in [2.75, 3.05) is 0 Å². The average molecular weight is 321 g/mol. The van der Waals surface area contributed by atoms with Crippen LogP contribution in [0.1, 0.15) is 87.0 Å². The molecule has 2 rings (SSSR count). The van der Waals surface area contributed by atoms with Gasteiger partial charge in [-0.2, -0.15) is 0 Å². The van der Waals surface area contributed by atoms with Crippen LogP contribution < -0.4 is 0 Å². The first kappa shape index (κ1) is 19.3. The number of rotatable bonds is 5. The molecule has 0 aromatic heterocycles. The molecule has 2 aliphatic carbocycles. The lowest BCUT2D eigenvalue weighted by molar-refractivity contribution is -0.00217. The molecule has 0 amide bonds. The van der Waals surface area contributed by atoms with Gasteiger partial charge in [0, 0.05) is 18.6 Å². The molecule has 0 bridgehead atoms. The Morgan fingerprint density at radius 2 is 1.13 bits per heavy atom. The molecule has 23 heavy (non-hydrogen) atoms. The molecule has 0 aliphatic heterocycles. The van der Waals surface area contributed by atoms with Gasteiger partial charge in [0.05, 0.1) is 0 Å². The van der Waals surface area contributed by atoms with Crippen molar-refractivity contribution < 1.29 is 0 Å². The Hall–Kier alpha value is -0.0400. The zero-order valence-corrected chi connectivity index (χ0v) is 16.9. The van der Waals surface area contributed by atoms with Crippen LogP contribution in [-0.4, -0.2) is 17.0 Å². The molecular weight excluding hydrogens is 278 g/mol. The van der Waals surface area contributed by atoms with Crippen LogP contribution in [0.4, 0.5) is 0 Å². The summed E-state index contributed by atoms with van der Waals surface area (Å²) in [6.07, 6.45) is 8.55. The zero-order chi connectivity index (χ0) is 17.1. The second kappa shape index (κ2) is 8.37. The van der Waals surface area contributed by atoms with Crippen molar-refractivity contribution in [3.8, 4) is 0 Å². The topological polar surface area (TPSA) is 3.24 Å². The van der Waals surface area contributed by atoms with E-state index in [0.29, 0.717) is 0 Å². The monoisotopic (exact) mass is 320 g/mol. The number of nitrogens with zero attached hydrogens (tertiary/aromatic N) is 1. The van der Waals surface area contributed by atoms with Gasteiger partial charge in [-0.3, -0.25) is 4.90 Å². The van der Waals surface area contributed by atoms with Gasteiger partial charge in [-0.25, -0.2) is 0 Å². The fourth-order valence-electron chi connectivity index (χ4n) is 5.62. The maximum absolute atomic E-state index is 2.86. The van der Waals surface area contributed by atoms with Crippen molar-refractivity contribution in [2.24, 2.45) is 35.5 Å². The quantitative estimate of drug-likeness (QED) is 0.567. The lowest BCUT2D eigenvalue weighted by atomic mass is 9.69. The van der Waals surface area contributed by atoms with Crippen LogP contribution in [0.15, 0.2) is 0 Å². The van der Waals surface area contributed by atoms with Gasteiger partial charge in [0.1, 0.15) is 0 Å². The van der Waals surface area contributed by atoms with Gasteiger partial charge in [0.2, 0.25) is 0 Å². The van der Waals surface area contributed by atoms with Gasteiger partial charge in [0.15, 0.2) is 0 Å². The van der Waals surface area contributed by atoms with Crippen molar-refractivity contribution in [1.82, 2.24) is 4.90 Å². The van der Waals surface area contributed by atoms with Crippen LogP contribution in [0.3, 0.4) is 0 Å². The average Bonchev–Trinajstić information content (AvgIpc) is 2.47. The smallest absolute Gasteiger partial charge is 0.0226 e. The second-order valence-corrected chi connectivity index (χ2v) is 9.49. The van der Waals surface area contributed by atoms with Crippen LogP contribution in [0, 0.1) is 42.1 Å². The second-order valence-electron chi connectivity index (χ2n) is 9.49. The summed E-state index contributed by atoms with van der Waals surface area (Å²) in [6, 6.07) is 1.56. The molecule has 0 aromatic rings. The van der Waals surface area contributed by atoms with E-state index in [1.54, 1.807) is 0 Å². The first-order valence-electron chi connectivity index (χ1n) is 10.4. The SMILES string of the molecule is C[CH]N(C1CC(C)CCC1C(C)C)C1CC(C)CCC1C(C)C. The van der Waals surface area contributed by atoms with E-state index in [2.05, 4.69) is 59.9 Å². The molecule has 0 N–H and O–H groups in total. The molecule has 0 aromatic carbocycles. The maximum Gasteiger partial charge on any atom is 0.0226 e. The van der Waals surface area contributed by atoms with Gasteiger partial charge < -0.3 is 0 Å². The fraction of sp³-hybridized carbons (Fsp3) is 0.955. The highest BCUT2D eigenvalue weighted by atomic mass is 15.2. The van der Waals surface area contributed by atoms with E-state index in [9.17, 15) is 0 Å². The highest BCUT2D eigenvalue weighted by Gasteiger charge is 2.41. The Morgan fingerprint density at radius 3 is 1.43 bits per heavy atom. The van der Waals surface area contributed by atoms with E-state index in [1.165, 1.54) is 38.5 Å². The number of hydrogen-bond donors (Lipinski definition) is 0. The minimum Gasteiger partial charge on any atom is -0.293 e. The Morgan fingerprint density at radius 1 is 0.739 bits per heavy atom. The minimum atomic E-state index is 0.778. The molecule has 135 valence electrons. The summed E-state index contributed by atoms with van der Waals surface area (Å²) in [6.45, 7) is 19.5. The van der Waals surface area contributed by atoms with E-state index in [-0.39, 0.29) is 0 Å². The van der Waals surface area contributed by atoms with Crippen LogP contribution in [0.2, 0.25) is 0 Å². The van der Waals surface area contributed by atoms with E-state index in [1.807, 2.05) is 0 Å². The van der Waals surface area contributed by atoms with Crippen LogP contribution in [0.5, 0.6) is 0 Å². The molecule has 6 atom stereocenters. The van der Waals surface area contributed by atoms with Crippen LogP contribution in [0.25, 0.3) is 0 Å². The van der Waals surface area contributed by atoms with E-state index >= 15 is 0 Å². The van der Waals surface area contributed by atoms with Crippen molar-refractivity contribution in [2.45, 2.75) is 99.1 Å². The third kappa shape index (κ3) is 4.53. The van der Waals surface area contributed by atoms with E-state index < -0.39 is 0 Å². The van der Waals surface area contributed by atoms with Gasteiger partial charge >= 0.3 is 0 Å². The summed E-state index contributed by atoms with van der Waals surface area (Å²) in [4.78, 5) is 2.86. The van der Waals surface area contributed by atoms with Gasteiger partial charge in [0.25, 0.3) is 0 Å². The molecule has 2 aliphatic rings. The highest BCUT2D eigenvalue weighted by molar-refractivity contribution is 4.96. The molecule has 2 saturated carbocycles. The Kier molecular flexibility index (Phi) is 7.01. The summed E-state index contributed by atoms with van der Waals surface area (Å²) in [5, 5.41) is 0. The lowest BCUT2D eigenvalue weighted by Crippen LogP contribution is -2.53. The van der Waals surface area contributed by atoms with E-state index in [0.717, 1.165) is 47.6 Å². The lowest BCUT2D eigenvalue weighted by Gasteiger charge is -2.51. The number of hydrogen-bond acceptors (Lipinski definition) is 1. The Bertz CT molecular complexity index is 316. The Balaban J connectivity index is 2.23. The molecule has 0 spiro atoms. The third-order valence-electron chi connectivity index (χ3n) is 7.04. The minimum absolute atomic E-state index is 0.778. The predicted octanol–water partition coefficient (Wildman–Crippen LogP) is 6.39. The molecule has 1 heteroatoms. The summed E-state index contributed by atoms with van der Waals surface area (Å²) >= 11 is 0. The molecule has 1 nitrogen and oxygen atoms in total. The molecule has 0 saturated heterocycles.